The monoisotopic (exact) mass is 340 g/mol. The SMILES string of the molecule is O=C(CC(=NNC(=O)c1ccccc1O)C(F)(F)F)c1ccco1. The van der Waals surface area contributed by atoms with Crippen LogP contribution in [0, 0.1) is 0 Å². The molecule has 0 spiro atoms. The van der Waals surface area contributed by atoms with Crippen molar-refractivity contribution >= 4 is 17.4 Å². The van der Waals surface area contributed by atoms with E-state index in [1.807, 2.05) is 0 Å². The average Bonchev–Trinajstić information content (AvgIpc) is 3.04. The first-order valence-electron chi connectivity index (χ1n) is 6.58. The fourth-order valence-electron chi connectivity index (χ4n) is 1.72. The van der Waals surface area contributed by atoms with Crippen LogP contribution >= 0.6 is 0 Å². The summed E-state index contributed by atoms with van der Waals surface area (Å²) >= 11 is 0. The number of alkyl halides is 3. The molecule has 0 bridgehead atoms. The van der Waals surface area contributed by atoms with E-state index in [9.17, 15) is 27.9 Å². The fourth-order valence-corrected chi connectivity index (χ4v) is 1.72. The van der Waals surface area contributed by atoms with Crippen molar-refractivity contribution in [2.45, 2.75) is 12.6 Å². The van der Waals surface area contributed by atoms with E-state index in [0.29, 0.717) is 0 Å². The van der Waals surface area contributed by atoms with Gasteiger partial charge in [0.15, 0.2) is 5.76 Å². The van der Waals surface area contributed by atoms with Crippen molar-refractivity contribution in [2.75, 3.05) is 0 Å². The van der Waals surface area contributed by atoms with Gasteiger partial charge in [0.1, 0.15) is 11.5 Å². The summed E-state index contributed by atoms with van der Waals surface area (Å²) in [7, 11) is 0. The number of nitrogens with zero attached hydrogens (tertiary/aromatic N) is 1. The summed E-state index contributed by atoms with van der Waals surface area (Å²) in [5.74, 6) is -2.64. The smallest absolute Gasteiger partial charge is 0.431 e. The molecule has 0 radical (unpaired) electrons. The van der Waals surface area contributed by atoms with Crippen molar-refractivity contribution in [1.82, 2.24) is 5.43 Å². The maximum Gasteiger partial charge on any atom is 0.431 e. The molecule has 2 N–H and O–H groups in total. The number of rotatable bonds is 5. The molecule has 0 atom stereocenters. The maximum atomic E-state index is 12.9. The fraction of sp³-hybridized carbons (Fsp3) is 0.133. The van der Waals surface area contributed by atoms with Gasteiger partial charge in [-0.05, 0) is 24.3 Å². The van der Waals surface area contributed by atoms with Crippen LogP contribution in [0.5, 0.6) is 5.75 Å². The van der Waals surface area contributed by atoms with E-state index in [1.54, 1.807) is 5.43 Å². The Hall–Kier alpha value is -3.10. The standard InChI is InChI=1S/C15H11F3N2O4/c16-15(17,18)13(8-11(22)12-6-3-7-24-12)19-20-14(23)9-4-1-2-5-10(9)21/h1-7,21H,8H2,(H,20,23). The topological polar surface area (TPSA) is 91.9 Å². The highest BCUT2D eigenvalue weighted by Crippen LogP contribution is 2.21. The number of halogens is 3. The normalized spacial score (nSPS) is 12.0. The van der Waals surface area contributed by atoms with Crippen molar-refractivity contribution < 1.29 is 32.3 Å². The third-order valence-corrected chi connectivity index (χ3v) is 2.89. The van der Waals surface area contributed by atoms with Gasteiger partial charge in [0.05, 0.1) is 18.2 Å². The van der Waals surface area contributed by atoms with Crippen LogP contribution in [0.4, 0.5) is 13.2 Å². The van der Waals surface area contributed by atoms with E-state index < -0.39 is 35.7 Å². The van der Waals surface area contributed by atoms with Gasteiger partial charge >= 0.3 is 6.18 Å². The number of ketones is 1. The number of hydrogen-bond acceptors (Lipinski definition) is 5. The van der Waals surface area contributed by atoms with E-state index in [1.165, 1.54) is 36.4 Å². The Morgan fingerprint density at radius 3 is 2.46 bits per heavy atom. The van der Waals surface area contributed by atoms with E-state index in [4.69, 9.17) is 4.42 Å². The van der Waals surface area contributed by atoms with Crippen LogP contribution in [0.1, 0.15) is 27.3 Å². The molecule has 6 nitrogen and oxygen atoms in total. The molecule has 24 heavy (non-hydrogen) atoms. The molecular formula is C15H11F3N2O4. The Balaban J connectivity index is 2.16. The van der Waals surface area contributed by atoms with Gasteiger partial charge in [0.25, 0.3) is 5.91 Å². The van der Waals surface area contributed by atoms with E-state index in [2.05, 4.69) is 5.10 Å². The third-order valence-electron chi connectivity index (χ3n) is 2.89. The second kappa shape index (κ2) is 6.99. The molecule has 9 heteroatoms. The summed E-state index contributed by atoms with van der Waals surface area (Å²) < 4.78 is 43.5. The lowest BCUT2D eigenvalue weighted by atomic mass is 10.1. The van der Waals surface area contributed by atoms with Gasteiger partial charge in [-0.3, -0.25) is 9.59 Å². The molecule has 1 aromatic carbocycles. The Morgan fingerprint density at radius 2 is 1.88 bits per heavy atom. The highest BCUT2D eigenvalue weighted by atomic mass is 19.4. The summed E-state index contributed by atoms with van der Waals surface area (Å²) in [6.45, 7) is 0. The zero-order valence-electron chi connectivity index (χ0n) is 12.0. The van der Waals surface area contributed by atoms with Gasteiger partial charge in [-0.25, -0.2) is 5.43 Å². The number of nitrogens with one attached hydrogen (secondary N) is 1. The van der Waals surface area contributed by atoms with Crippen LogP contribution in [0.3, 0.4) is 0 Å². The second-order valence-corrected chi connectivity index (χ2v) is 4.59. The molecule has 0 saturated carbocycles. The van der Waals surface area contributed by atoms with Crippen LogP contribution in [0.2, 0.25) is 0 Å². The Labute approximate surface area is 133 Å². The maximum absolute atomic E-state index is 12.9. The second-order valence-electron chi connectivity index (χ2n) is 4.59. The zero-order valence-corrected chi connectivity index (χ0v) is 12.0. The molecule has 0 aliphatic rings. The van der Waals surface area contributed by atoms with Crippen molar-refractivity contribution in [3.8, 4) is 5.75 Å². The van der Waals surface area contributed by atoms with Gasteiger partial charge in [-0.2, -0.15) is 18.3 Å². The molecular weight excluding hydrogens is 329 g/mol. The molecule has 1 aromatic heterocycles. The molecule has 2 rings (SSSR count). The number of phenolic OH excluding ortho intramolecular Hbond substituents is 1. The summed E-state index contributed by atoms with van der Waals surface area (Å²) in [6.07, 6.45) is -4.87. The summed E-state index contributed by atoms with van der Waals surface area (Å²) in [6, 6.07) is 7.85. The van der Waals surface area contributed by atoms with Crippen molar-refractivity contribution in [1.29, 1.82) is 0 Å². The number of phenols is 1. The Morgan fingerprint density at radius 1 is 1.17 bits per heavy atom. The zero-order chi connectivity index (χ0) is 17.7. The number of amides is 1. The molecule has 126 valence electrons. The van der Waals surface area contributed by atoms with Crippen LogP contribution in [-0.2, 0) is 0 Å². The highest BCUT2D eigenvalue weighted by Gasteiger charge is 2.38. The van der Waals surface area contributed by atoms with Gasteiger partial charge in [0, 0.05) is 0 Å². The number of hydrazone groups is 1. The van der Waals surface area contributed by atoms with Gasteiger partial charge < -0.3 is 9.52 Å². The Kier molecular flexibility index (Phi) is 5.02. The van der Waals surface area contributed by atoms with Crippen LogP contribution in [-0.4, -0.2) is 28.7 Å². The minimum Gasteiger partial charge on any atom is -0.507 e. The lowest BCUT2D eigenvalue weighted by Gasteiger charge is -2.10. The summed E-state index contributed by atoms with van der Waals surface area (Å²) in [5, 5.41) is 12.5. The molecule has 1 amide bonds. The van der Waals surface area contributed by atoms with E-state index >= 15 is 0 Å². The minimum absolute atomic E-state index is 0.250. The quantitative estimate of drug-likeness (QED) is 0.497. The number of carbonyl (C=O) groups excluding carboxylic acids is 2. The van der Waals surface area contributed by atoms with E-state index in [0.717, 1.165) is 6.26 Å². The number of hydrogen-bond donors (Lipinski definition) is 2. The minimum atomic E-state index is -4.92. The van der Waals surface area contributed by atoms with Gasteiger partial charge in [-0.1, -0.05) is 12.1 Å². The van der Waals surface area contributed by atoms with Crippen LogP contribution < -0.4 is 5.43 Å². The first kappa shape index (κ1) is 17.3. The molecule has 0 aliphatic heterocycles. The van der Waals surface area contributed by atoms with Crippen LogP contribution in [0.15, 0.2) is 52.2 Å². The largest absolute Gasteiger partial charge is 0.507 e. The summed E-state index contributed by atoms with van der Waals surface area (Å²) in [4.78, 5) is 23.5. The first-order chi connectivity index (χ1) is 11.3. The van der Waals surface area contributed by atoms with Crippen molar-refractivity contribution in [3.63, 3.8) is 0 Å². The lowest BCUT2D eigenvalue weighted by Crippen LogP contribution is -2.30. The number of aromatic hydroxyl groups is 1. The lowest BCUT2D eigenvalue weighted by molar-refractivity contribution is -0.0605. The van der Waals surface area contributed by atoms with Gasteiger partial charge in [-0.15, -0.1) is 0 Å². The summed E-state index contributed by atoms with van der Waals surface area (Å²) in [5.41, 5.74) is -0.0595. The molecule has 0 saturated heterocycles. The van der Waals surface area contributed by atoms with Crippen LogP contribution in [0.25, 0.3) is 0 Å². The Bertz CT molecular complexity index is 767. The number of Topliss-reactive ketones (excluding diaryl/α,β-unsaturated/α-hetero) is 1. The highest BCUT2D eigenvalue weighted by molar-refractivity contribution is 6.10. The molecule has 0 unspecified atom stereocenters. The molecule has 2 aromatic rings. The average molecular weight is 340 g/mol. The predicted molar refractivity (Wildman–Crippen MR) is 76.7 cm³/mol. The molecule has 1 heterocycles. The van der Waals surface area contributed by atoms with Crippen molar-refractivity contribution in [3.05, 3.63) is 54.0 Å². The predicted octanol–water partition coefficient (Wildman–Crippen LogP) is 2.91. The number of para-hydroxylation sites is 1. The molecule has 0 aliphatic carbocycles. The van der Waals surface area contributed by atoms with Gasteiger partial charge in [0.2, 0.25) is 5.78 Å². The number of benzene rings is 1. The number of carbonyl (C=O) groups is 2. The number of furan rings is 1. The van der Waals surface area contributed by atoms with Crippen molar-refractivity contribution in [2.24, 2.45) is 5.10 Å². The first-order valence-corrected chi connectivity index (χ1v) is 6.58. The van der Waals surface area contributed by atoms with E-state index in [-0.39, 0.29) is 11.3 Å². The third kappa shape index (κ3) is 4.22. The molecule has 0 fully saturated rings.